The Balaban J connectivity index is 1.17. The maximum Gasteiger partial charge on any atom is 0.243 e. The van der Waals surface area contributed by atoms with Crippen molar-refractivity contribution in [3.8, 4) is 0 Å². The Kier molecular flexibility index (Phi) is 8.20. The van der Waals surface area contributed by atoms with Crippen molar-refractivity contribution in [2.24, 2.45) is 0 Å². The summed E-state index contributed by atoms with van der Waals surface area (Å²) in [4.78, 5) is 29.3. The van der Waals surface area contributed by atoms with Crippen LogP contribution in [-0.2, 0) is 26.2 Å². The minimum absolute atomic E-state index is 0.106. The van der Waals surface area contributed by atoms with Gasteiger partial charge in [-0.1, -0.05) is 48.0 Å². The summed E-state index contributed by atoms with van der Waals surface area (Å²) < 4.78 is 27.1. The highest BCUT2D eigenvalue weighted by atomic mass is 32.2. The van der Waals surface area contributed by atoms with Gasteiger partial charge in [0.05, 0.1) is 4.90 Å². The molecule has 0 aromatic heterocycles. The van der Waals surface area contributed by atoms with Crippen LogP contribution in [0.2, 0.25) is 0 Å². The summed E-state index contributed by atoms with van der Waals surface area (Å²) in [6, 6.07) is 17.2. The minimum Gasteiger partial charge on any atom is -0.352 e. The molecule has 188 valence electrons. The number of hydrogen-bond acceptors (Lipinski definition) is 5. The van der Waals surface area contributed by atoms with E-state index in [1.165, 1.54) is 9.87 Å². The molecule has 8 nitrogen and oxygen atoms in total. The summed E-state index contributed by atoms with van der Waals surface area (Å²) in [5.74, 6) is -0.213. The molecular weight excluding hydrogens is 464 g/mol. The number of amides is 2. The molecule has 0 saturated carbocycles. The molecule has 0 bridgehead atoms. The topological polar surface area (TPSA) is 90.0 Å². The van der Waals surface area contributed by atoms with E-state index in [1.54, 1.807) is 29.2 Å². The van der Waals surface area contributed by atoms with Gasteiger partial charge in [-0.2, -0.15) is 4.31 Å². The van der Waals surface area contributed by atoms with Crippen LogP contribution in [0.3, 0.4) is 0 Å². The molecule has 2 heterocycles. The first-order chi connectivity index (χ1) is 16.8. The third-order valence-corrected chi connectivity index (χ3v) is 8.62. The fourth-order valence-corrected chi connectivity index (χ4v) is 6.07. The second-order valence-corrected chi connectivity index (χ2v) is 11.3. The second-order valence-electron chi connectivity index (χ2n) is 9.37. The molecule has 0 spiro atoms. The molecule has 0 aliphatic carbocycles. The number of benzene rings is 2. The van der Waals surface area contributed by atoms with Gasteiger partial charge in [0.2, 0.25) is 21.8 Å². The lowest BCUT2D eigenvalue weighted by Crippen LogP contribution is -2.50. The fraction of sp³-hybridized carbons (Fsp3) is 0.462. The predicted octanol–water partition coefficient (Wildman–Crippen LogP) is 2.00. The molecule has 9 heteroatoms. The van der Waals surface area contributed by atoms with E-state index >= 15 is 0 Å². The van der Waals surface area contributed by atoms with Crippen LogP contribution in [0.1, 0.15) is 30.4 Å². The number of carbonyl (C=O) groups excluding carboxylic acids is 2. The summed E-state index contributed by atoms with van der Waals surface area (Å²) in [5, 5.41) is 3.06. The SMILES string of the molecule is Cc1ccc(S(=O)(=O)N2CCN(C(=O)CCC(=O)N[C@H]3CCN(Cc4ccccc4)C3)CC2)cc1. The number of hydrogen-bond donors (Lipinski definition) is 1. The van der Waals surface area contributed by atoms with Crippen LogP contribution in [0.25, 0.3) is 0 Å². The Morgan fingerprint density at radius 1 is 0.914 bits per heavy atom. The minimum atomic E-state index is -3.56. The number of nitrogens with one attached hydrogen (secondary N) is 1. The van der Waals surface area contributed by atoms with Gasteiger partial charge in [-0.05, 0) is 31.0 Å². The molecule has 2 saturated heterocycles. The Hall–Kier alpha value is -2.75. The van der Waals surface area contributed by atoms with Gasteiger partial charge in [-0.3, -0.25) is 14.5 Å². The van der Waals surface area contributed by atoms with Gasteiger partial charge in [0.15, 0.2) is 0 Å². The van der Waals surface area contributed by atoms with Crippen molar-refractivity contribution < 1.29 is 18.0 Å². The van der Waals surface area contributed by atoms with Gasteiger partial charge in [-0.25, -0.2) is 8.42 Å². The molecule has 2 aliphatic rings. The fourth-order valence-electron chi connectivity index (χ4n) is 4.65. The molecule has 4 rings (SSSR count). The van der Waals surface area contributed by atoms with Gasteiger partial charge in [0.1, 0.15) is 0 Å². The lowest BCUT2D eigenvalue weighted by atomic mass is 10.2. The zero-order valence-corrected chi connectivity index (χ0v) is 21.0. The largest absolute Gasteiger partial charge is 0.352 e. The Labute approximate surface area is 207 Å². The number of nitrogens with zero attached hydrogens (tertiary/aromatic N) is 3. The third-order valence-electron chi connectivity index (χ3n) is 6.70. The van der Waals surface area contributed by atoms with Gasteiger partial charge < -0.3 is 10.2 Å². The Morgan fingerprint density at radius 3 is 2.29 bits per heavy atom. The standard InChI is InChI=1S/C26H34N4O4S/c1-21-7-9-24(10-8-21)35(33,34)30-17-15-29(16-18-30)26(32)12-11-25(31)27-23-13-14-28(20-23)19-22-5-3-2-4-6-22/h2-10,23H,11-20H2,1H3,(H,27,31)/t23-/m0/s1. The van der Waals surface area contributed by atoms with E-state index in [9.17, 15) is 18.0 Å². The molecule has 2 aromatic carbocycles. The first kappa shape index (κ1) is 25.3. The average molecular weight is 499 g/mol. The smallest absolute Gasteiger partial charge is 0.243 e. The van der Waals surface area contributed by atoms with Crippen molar-refractivity contribution in [3.63, 3.8) is 0 Å². The lowest BCUT2D eigenvalue weighted by molar-refractivity contribution is -0.134. The van der Waals surface area contributed by atoms with Gasteiger partial charge in [-0.15, -0.1) is 0 Å². The van der Waals surface area contributed by atoms with Crippen molar-refractivity contribution >= 4 is 21.8 Å². The highest BCUT2D eigenvalue weighted by molar-refractivity contribution is 7.89. The van der Waals surface area contributed by atoms with E-state index in [1.807, 2.05) is 25.1 Å². The maximum atomic E-state index is 12.8. The second kappa shape index (κ2) is 11.3. The highest BCUT2D eigenvalue weighted by Crippen LogP contribution is 2.19. The lowest BCUT2D eigenvalue weighted by Gasteiger charge is -2.34. The molecule has 2 aromatic rings. The molecule has 2 amide bonds. The summed E-state index contributed by atoms with van der Waals surface area (Å²) in [7, 11) is -3.56. The molecular formula is C26H34N4O4S. The van der Waals surface area contributed by atoms with Crippen LogP contribution in [0.5, 0.6) is 0 Å². The van der Waals surface area contributed by atoms with Crippen molar-refractivity contribution in [3.05, 3.63) is 65.7 Å². The zero-order valence-electron chi connectivity index (χ0n) is 20.2. The monoisotopic (exact) mass is 498 g/mol. The Morgan fingerprint density at radius 2 is 1.60 bits per heavy atom. The summed E-state index contributed by atoms with van der Waals surface area (Å²) in [6.45, 7) is 5.72. The maximum absolute atomic E-state index is 12.8. The molecule has 0 unspecified atom stereocenters. The van der Waals surface area contributed by atoms with Crippen molar-refractivity contribution in [1.29, 1.82) is 0 Å². The van der Waals surface area contributed by atoms with E-state index < -0.39 is 10.0 Å². The van der Waals surface area contributed by atoms with Crippen LogP contribution >= 0.6 is 0 Å². The number of sulfonamides is 1. The molecule has 35 heavy (non-hydrogen) atoms. The van der Waals surface area contributed by atoms with Crippen LogP contribution < -0.4 is 5.32 Å². The normalized spacial score (nSPS) is 19.6. The number of likely N-dealkylation sites (tertiary alicyclic amines) is 1. The van der Waals surface area contributed by atoms with Crippen LogP contribution in [-0.4, -0.2) is 79.6 Å². The molecule has 1 atom stereocenters. The first-order valence-electron chi connectivity index (χ1n) is 12.2. The molecule has 2 fully saturated rings. The van der Waals surface area contributed by atoms with Crippen LogP contribution in [0, 0.1) is 6.92 Å². The number of carbonyl (C=O) groups is 2. The molecule has 2 aliphatic heterocycles. The summed E-state index contributed by atoms with van der Waals surface area (Å²) in [6.07, 6.45) is 1.19. The first-order valence-corrected chi connectivity index (χ1v) is 13.7. The van der Waals surface area contributed by atoms with Crippen LogP contribution in [0.15, 0.2) is 59.5 Å². The third kappa shape index (κ3) is 6.68. The van der Waals surface area contributed by atoms with E-state index in [0.717, 1.165) is 31.6 Å². The predicted molar refractivity (Wildman–Crippen MR) is 134 cm³/mol. The quantitative estimate of drug-likeness (QED) is 0.601. The van der Waals surface area contributed by atoms with Crippen molar-refractivity contribution in [1.82, 2.24) is 19.4 Å². The summed E-state index contributed by atoms with van der Waals surface area (Å²) in [5.41, 5.74) is 2.26. The molecule has 1 N–H and O–H groups in total. The average Bonchev–Trinajstić information content (AvgIpc) is 3.30. The molecule has 0 radical (unpaired) electrons. The van der Waals surface area contributed by atoms with E-state index in [-0.39, 0.29) is 48.7 Å². The van der Waals surface area contributed by atoms with Crippen molar-refractivity contribution in [2.45, 2.75) is 43.7 Å². The summed E-state index contributed by atoms with van der Waals surface area (Å²) >= 11 is 0. The van der Waals surface area contributed by atoms with Crippen molar-refractivity contribution in [2.75, 3.05) is 39.3 Å². The van der Waals surface area contributed by atoms with E-state index in [2.05, 4.69) is 22.3 Å². The van der Waals surface area contributed by atoms with Gasteiger partial charge in [0.25, 0.3) is 0 Å². The number of rotatable bonds is 8. The van der Waals surface area contributed by atoms with Crippen LogP contribution in [0.4, 0.5) is 0 Å². The van der Waals surface area contributed by atoms with E-state index in [4.69, 9.17) is 0 Å². The van der Waals surface area contributed by atoms with Gasteiger partial charge >= 0.3 is 0 Å². The number of piperazine rings is 1. The van der Waals surface area contributed by atoms with E-state index in [0.29, 0.717) is 13.1 Å². The Bertz CT molecular complexity index is 1110. The van der Waals surface area contributed by atoms with Gasteiger partial charge in [0, 0.05) is 64.7 Å². The number of aryl methyl sites for hydroxylation is 1. The zero-order chi connectivity index (χ0) is 24.8. The highest BCUT2D eigenvalue weighted by Gasteiger charge is 2.30.